The Hall–Kier alpha value is -0.980. The summed E-state index contributed by atoms with van der Waals surface area (Å²) in [6, 6.07) is 1.89. The molecule has 0 aromatic carbocycles. The van der Waals surface area contributed by atoms with Gasteiger partial charge in [0.1, 0.15) is 0 Å². The molecule has 0 saturated heterocycles. The Labute approximate surface area is 102 Å². The van der Waals surface area contributed by atoms with Crippen LogP contribution in [-0.4, -0.2) is 41.3 Å². The Balaban J connectivity index is 3.08. The first kappa shape index (κ1) is 13.1. The summed E-state index contributed by atoms with van der Waals surface area (Å²) in [6.07, 6.45) is 0.138. The van der Waals surface area contributed by atoms with Crippen LogP contribution in [0.5, 0.6) is 0 Å². The summed E-state index contributed by atoms with van der Waals surface area (Å²) in [6.45, 7) is 0.135. The molecule has 0 aliphatic rings. The minimum Gasteiger partial charge on any atom is -0.235 e. The lowest BCUT2D eigenvalue weighted by Crippen LogP contribution is -2.29. The molecule has 0 aliphatic carbocycles. The van der Waals surface area contributed by atoms with Crippen LogP contribution >= 0.6 is 15.9 Å². The van der Waals surface area contributed by atoms with Crippen molar-refractivity contribution in [2.24, 2.45) is 7.05 Å². The molecule has 16 heavy (non-hydrogen) atoms. The minimum absolute atomic E-state index is 0.0204. The summed E-state index contributed by atoms with van der Waals surface area (Å²) >= 11 is 3.02. The number of rotatable bonds is 4. The van der Waals surface area contributed by atoms with E-state index < -0.39 is 10.0 Å². The summed E-state index contributed by atoms with van der Waals surface area (Å²) in [5.74, 6) is 0. The zero-order chi connectivity index (χ0) is 12.3. The molecule has 1 aromatic heterocycles. The largest absolute Gasteiger partial charge is 0.262 e. The van der Waals surface area contributed by atoms with Crippen molar-refractivity contribution in [3.63, 3.8) is 0 Å². The van der Waals surface area contributed by atoms with Gasteiger partial charge in [-0.05, 0) is 15.9 Å². The van der Waals surface area contributed by atoms with Crippen molar-refractivity contribution in [1.82, 2.24) is 19.3 Å². The van der Waals surface area contributed by atoms with Gasteiger partial charge in [0.2, 0.25) is 5.03 Å². The van der Waals surface area contributed by atoms with Crippen LogP contribution in [0.1, 0.15) is 6.42 Å². The summed E-state index contributed by atoms with van der Waals surface area (Å²) < 4.78 is 26.5. The van der Waals surface area contributed by atoms with Gasteiger partial charge in [-0.2, -0.15) is 9.57 Å². The second-order valence-corrected chi connectivity index (χ2v) is 5.76. The monoisotopic (exact) mass is 307 g/mol. The number of sulfonamides is 1. The maximum Gasteiger partial charge on any atom is 0.262 e. The van der Waals surface area contributed by atoms with Crippen LogP contribution in [0.3, 0.4) is 0 Å². The number of hydrogen-bond acceptors (Lipinski definition) is 5. The van der Waals surface area contributed by atoms with Gasteiger partial charge in [0.15, 0.2) is 4.60 Å². The molecule has 1 heterocycles. The van der Waals surface area contributed by atoms with E-state index in [2.05, 4.69) is 26.2 Å². The van der Waals surface area contributed by atoms with E-state index in [1.807, 2.05) is 6.07 Å². The summed E-state index contributed by atoms with van der Waals surface area (Å²) in [5.41, 5.74) is 0. The third kappa shape index (κ3) is 2.40. The second kappa shape index (κ2) is 4.90. The van der Waals surface area contributed by atoms with Gasteiger partial charge in [-0.3, -0.25) is 0 Å². The molecule has 0 amide bonds. The lowest BCUT2D eigenvalue weighted by atomic mass is 10.5. The average Bonchev–Trinajstić information content (AvgIpc) is 2.55. The Morgan fingerprint density at radius 3 is 2.69 bits per heavy atom. The number of nitrogens with zero attached hydrogens (tertiary/aromatic N) is 5. The number of nitriles is 1. The molecule has 0 radical (unpaired) electrons. The van der Waals surface area contributed by atoms with E-state index in [1.165, 1.54) is 18.8 Å². The highest BCUT2D eigenvalue weighted by Crippen LogP contribution is 2.21. The van der Waals surface area contributed by atoms with Crippen molar-refractivity contribution in [2.75, 3.05) is 13.6 Å². The molecular weight excluding hydrogens is 298 g/mol. The summed E-state index contributed by atoms with van der Waals surface area (Å²) in [5, 5.41) is 15.6. The Bertz CT molecular complexity index is 498. The molecule has 0 N–H and O–H groups in total. The van der Waals surface area contributed by atoms with Crippen molar-refractivity contribution in [2.45, 2.75) is 11.4 Å². The number of aryl methyl sites for hydroxylation is 1. The standard InChI is InChI=1S/C7H10BrN5O2S/c1-12(5-3-4-9)16(14,15)7-6(8)10-11-13(7)2/h3,5H2,1-2H3. The van der Waals surface area contributed by atoms with E-state index in [4.69, 9.17) is 5.26 Å². The first-order valence-corrected chi connectivity index (χ1v) is 6.53. The van der Waals surface area contributed by atoms with Crippen LogP contribution in [0.4, 0.5) is 0 Å². The van der Waals surface area contributed by atoms with Crippen molar-refractivity contribution in [3.8, 4) is 6.07 Å². The van der Waals surface area contributed by atoms with Gasteiger partial charge in [0.25, 0.3) is 10.0 Å². The fraction of sp³-hybridized carbons (Fsp3) is 0.571. The second-order valence-electron chi connectivity index (χ2n) is 3.04. The van der Waals surface area contributed by atoms with E-state index in [-0.39, 0.29) is 22.6 Å². The van der Waals surface area contributed by atoms with Crippen molar-refractivity contribution in [1.29, 1.82) is 5.26 Å². The molecule has 0 saturated carbocycles. The van der Waals surface area contributed by atoms with Gasteiger partial charge in [0.05, 0.1) is 6.07 Å². The number of hydrogen-bond donors (Lipinski definition) is 0. The van der Waals surface area contributed by atoms with Gasteiger partial charge >= 0.3 is 0 Å². The zero-order valence-corrected chi connectivity index (χ0v) is 11.2. The molecule has 0 bridgehead atoms. The lowest BCUT2D eigenvalue weighted by Gasteiger charge is -2.15. The first-order chi connectivity index (χ1) is 7.41. The number of aromatic nitrogens is 3. The van der Waals surface area contributed by atoms with Crippen LogP contribution in [0, 0.1) is 11.3 Å². The molecule has 9 heteroatoms. The third-order valence-corrected chi connectivity index (χ3v) is 4.68. The predicted molar refractivity (Wildman–Crippen MR) is 58.7 cm³/mol. The molecule has 0 atom stereocenters. The highest BCUT2D eigenvalue weighted by atomic mass is 79.9. The highest BCUT2D eigenvalue weighted by molar-refractivity contribution is 9.10. The first-order valence-electron chi connectivity index (χ1n) is 4.29. The molecule has 7 nitrogen and oxygen atoms in total. The van der Waals surface area contributed by atoms with E-state index in [0.29, 0.717) is 0 Å². The highest BCUT2D eigenvalue weighted by Gasteiger charge is 2.27. The molecule has 1 aromatic rings. The molecule has 0 fully saturated rings. The van der Waals surface area contributed by atoms with Crippen molar-refractivity contribution >= 4 is 26.0 Å². The Morgan fingerprint density at radius 2 is 2.25 bits per heavy atom. The normalized spacial score (nSPS) is 11.7. The lowest BCUT2D eigenvalue weighted by molar-refractivity contribution is 0.465. The van der Waals surface area contributed by atoms with E-state index in [1.54, 1.807) is 0 Å². The fourth-order valence-corrected chi connectivity index (χ4v) is 3.26. The molecular formula is C7H10BrN5O2S. The van der Waals surface area contributed by atoms with Gasteiger partial charge in [-0.1, -0.05) is 5.21 Å². The Morgan fingerprint density at radius 1 is 1.62 bits per heavy atom. The molecule has 88 valence electrons. The van der Waals surface area contributed by atoms with Crippen molar-refractivity contribution in [3.05, 3.63) is 4.60 Å². The maximum atomic E-state index is 12.0. The van der Waals surface area contributed by atoms with Crippen LogP contribution in [0.25, 0.3) is 0 Å². The van der Waals surface area contributed by atoms with E-state index in [9.17, 15) is 8.42 Å². The minimum atomic E-state index is -3.66. The third-order valence-electron chi connectivity index (χ3n) is 1.93. The maximum absolute atomic E-state index is 12.0. The smallest absolute Gasteiger partial charge is 0.235 e. The van der Waals surface area contributed by atoms with Gasteiger partial charge in [-0.15, -0.1) is 5.10 Å². The summed E-state index contributed by atoms with van der Waals surface area (Å²) in [7, 11) is -0.758. The quantitative estimate of drug-likeness (QED) is 0.787. The van der Waals surface area contributed by atoms with Gasteiger partial charge < -0.3 is 0 Å². The van der Waals surface area contributed by atoms with E-state index in [0.717, 1.165) is 4.31 Å². The molecule has 0 spiro atoms. The molecule has 0 aliphatic heterocycles. The van der Waals surface area contributed by atoms with Crippen LogP contribution < -0.4 is 0 Å². The predicted octanol–water partition coefficient (Wildman–Crippen LogP) is 0.112. The van der Waals surface area contributed by atoms with Gasteiger partial charge in [-0.25, -0.2) is 13.1 Å². The average molecular weight is 308 g/mol. The van der Waals surface area contributed by atoms with Crippen molar-refractivity contribution < 1.29 is 8.42 Å². The fourth-order valence-electron chi connectivity index (χ4n) is 1.07. The molecule has 0 unspecified atom stereocenters. The van der Waals surface area contributed by atoms with Crippen LogP contribution in [-0.2, 0) is 17.1 Å². The van der Waals surface area contributed by atoms with Gasteiger partial charge in [0, 0.05) is 27.1 Å². The Kier molecular flexibility index (Phi) is 4.01. The van der Waals surface area contributed by atoms with Crippen LogP contribution in [0.15, 0.2) is 9.63 Å². The van der Waals surface area contributed by atoms with Crippen LogP contribution in [0.2, 0.25) is 0 Å². The molecule has 1 rings (SSSR count). The zero-order valence-electron chi connectivity index (χ0n) is 8.75. The topological polar surface area (TPSA) is 91.9 Å². The number of halogens is 1. The SMILES string of the molecule is CN(CCC#N)S(=O)(=O)c1c(Br)nnn1C. The summed E-state index contributed by atoms with van der Waals surface area (Å²) in [4.78, 5) is 0. The van der Waals surface area contributed by atoms with E-state index >= 15 is 0 Å².